The quantitative estimate of drug-likeness (QED) is 0.832. The zero-order valence-corrected chi connectivity index (χ0v) is 12.2. The molecule has 2 fully saturated rings. The predicted octanol–water partition coefficient (Wildman–Crippen LogP) is 3.19. The Morgan fingerprint density at radius 2 is 2.37 bits per heavy atom. The Labute approximate surface area is 122 Å². The van der Waals surface area contributed by atoms with Gasteiger partial charge in [-0.1, -0.05) is 17.7 Å². The van der Waals surface area contributed by atoms with Crippen molar-refractivity contribution in [2.24, 2.45) is 0 Å². The lowest BCUT2D eigenvalue weighted by Crippen LogP contribution is -2.51. The van der Waals surface area contributed by atoms with E-state index in [9.17, 15) is 4.39 Å². The SMILES string of the molecule is Fc1cc(CN2CCS[C@H]3COCC[C@@H]32)ccc1Cl. The molecule has 104 valence electrons. The Morgan fingerprint density at radius 3 is 3.21 bits per heavy atom. The summed E-state index contributed by atoms with van der Waals surface area (Å²) in [6.07, 6.45) is 1.08. The first-order chi connectivity index (χ1) is 9.24. The Bertz CT molecular complexity index is 457. The van der Waals surface area contributed by atoms with Crippen molar-refractivity contribution >= 4 is 23.4 Å². The number of hydrogen-bond donors (Lipinski definition) is 0. The molecule has 0 amide bonds. The number of halogens is 2. The van der Waals surface area contributed by atoms with Crippen LogP contribution in [0.5, 0.6) is 0 Å². The van der Waals surface area contributed by atoms with Crippen molar-refractivity contribution in [3.63, 3.8) is 0 Å². The van der Waals surface area contributed by atoms with Crippen LogP contribution in [0.15, 0.2) is 18.2 Å². The molecule has 0 saturated carbocycles. The van der Waals surface area contributed by atoms with Crippen LogP contribution in [0.2, 0.25) is 5.02 Å². The molecule has 1 aromatic rings. The number of hydrogen-bond acceptors (Lipinski definition) is 3. The van der Waals surface area contributed by atoms with Crippen LogP contribution >= 0.6 is 23.4 Å². The molecule has 0 aliphatic carbocycles. The van der Waals surface area contributed by atoms with Crippen LogP contribution in [0.25, 0.3) is 0 Å². The minimum Gasteiger partial charge on any atom is -0.380 e. The fraction of sp³-hybridized carbons (Fsp3) is 0.571. The zero-order valence-electron chi connectivity index (χ0n) is 10.6. The van der Waals surface area contributed by atoms with Crippen molar-refractivity contribution in [2.45, 2.75) is 24.3 Å². The van der Waals surface area contributed by atoms with Gasteiger partial charge in [0, 0.05) is 36.7 Å². The highest BCUT2D eigenvalue weighted by molar-refractivity contribution is 8.00. The summed E-state index contributed by atoms with van der Waals surface area (Å²) >= 11 is 7.73. The number of thioether (sulfide) groups is 1. The van der Waals surface area contributed by atoms with Gasteiger partial charge >= 0.3 is 0 Å². The third kappa shape index (κ3) is 3.07. The highest BCUT2D eigenvalue weighted by atomic mass is 35.5. The summed E-state index contributed by atoms with van der Waals surface area (Å²) in [7, 11) is 0. The number of rotatable bonds is 2. The molecular formula is C14H17ClFNOS. The number of nitrogens with zero attached hydrogens (tertiary/aromatic N) is 1. The minimum absolute atomic E-state index is 0.196. The molecule has 0 spiro atoms. The van der Waals surface area contributed by atoms with Crippen LogP contribution in [0.4, 0.5) is 4.39 Å². The summed E-state index contributed by atoms with van der Waals surface area (Å²) < 4.78 is 19.0. The van der Waals surface area contributed by atoms with E-state index in [4.69, 9.17) is 16.3 Å². The van der Waals surface area contributed by atoms with Gasteiger partial charge in [-0.2, -0.15) is 11.8 Å². The van der Waals surface area contributed by atoms with Crippen molar-refractivity contribution in [1.29, 1.82) is 0 Å². The van der Waals surface area contributed by atoms with E-state index in [0.717, 1.165) is 44.0 Å². The van der Waals surface area contributed by atoms with E-state index in [-0.39, 0.29) is 10.8 Å². The summed E-state index contributed by atoms with van der Waals surface area (Å²) in [5.74, 6) is 0.801. The van der Waals surface area contributed by atoms with Gasteiger partial charge in [0.05, 0.1) is 11.6 Å². The van der Waals surface area contributed by atoms with Crippen LogP contribution in [-0.2, 0) is 11.3 Å². The van der Waals surface area contributed by atoms with Crippen molar-refractivity contribution in [2.75, 3.05) is 25.5 Å². The molecule has 5 heteroatoms. The normalized spacial score (nSPS) is 28.1. The molecule has 0 bridgehead atoms. The molecule has 0 radical (unpaired) electrons. The van der Waals surface area contributed by atoms with E-state index in [0.29, 0.717) is 11.3 Å². The highest BCUT2D eigenvalue weighted by Crippen LogP contribution is 2.31. The summed E-state index contributed by atoms with van der Waals surface area (Å²) in [5, 5.41) is 0.765. The number of fused-ring (bicyclic) bond motifs is 1. The average Bonchev–Trinajstić information content (AvgIpc) is 2.43. The summed E-state index contributed by atoms with van der Waals surface area (Å²) in [6.45, 7) is 3.56. The molecule has 2 atom stereocenters. The van der Waals surface area contributed by atoms with Crippen molar-refractivity contribution in [1.82, 2.24) is 4.90 Å². The maximum Gasteiger partial charge on any atom is 0.142 e. The van der Waals surface area contributed by atoms with E-state index in [2.05, 4.69) is 4.90 Å². The second-order valence-corrected chi connectivity index (χ2v) is 6.81. The molecular weight excluding hydrogens is 285 g/mol. The van der Waals surface area contributed by atoms with Crippen molar-refractivity contribution in [3.8, 4) is 0 Å². The average molecular weight is 302 g/mol. The van der Waals surface area contributed by atoms with E-state index in [1.807, 2.05) is 17.8 Å². The Hall–Kier alpha value is -0.290. The molecule has 0 N–H and O–H groups in total. The first kappa shape index (κ1) is 13.7. The Morgan fingerprint density at radius 1 is 1.47 bits per heavy atom. The van der Waals surface area contributed by atoms with Crippen LogP contribution in [0, 0.1) is 5.82 Å². The van der Waals surface area contributed by atoms with Gasteiger partial charge in [0.1, 0.15) is 5.82 Å². The second-order valence-electron chi connectivity index (χ2n) is 5.06. The van der Waals surface area contributed by atoms with E-state index < -0.39 is 0 Å². The molecule has 2 aliphatic rings. The molecule has 2 nitrogen and oxygen atoms in total. The number of ether oxygens (including phenoxy) is 1. The number of benzene rings is 1. The molecule has 1 aromatic carbocycles. The van der Waals surface area contributed by atoms with E-state index >= 15 is 0 Å². The molecule has 2 aliphatic heterocycles. The lowest BCUT2D eigenvalue weighted by atomic mass is 10.0. The smallest absolute Gasteiger partial charge is 0.142 e. The van der Waals surface area contributed by atoms with Crippen LogP contribution in [0.3, 0.4) is 0 Å². The van der Waals surface area contributed by atoms with E-state index in [1.54, 1.807) is 12.1 Å². The lowest BCUT2D eigenvalue weighted by Gasteiger charge is -2.43. The first-order valence-electron chi connectivity index (χ1n) is 6.61. The summed E-state index contributed by atoms with van der Waals surface area (Å²) in [4.78, 5) is 2.46. The molecule has 0 aromatic heterocycles. The predicted molar refractivity (Wildman–Crippen MR) is 77.3 cm³/mol. The first-order valence-corrected chi connectivity index (χ1v) is 8.04. The fourth-order valence-corrected chi connectivity index (χ4v) is 4.32. The third-order valence-electron chi connectivity index (χ3n) is 3.82. The van der Waals surface area contributed by atoms with Crippen molar-refractivity contribution < 1.29 is 9.13 Å². The van der Waals surface area contributed by atoms with E-state index in [1.165, 1.54) is 0 Å². The van der Waals surface area contributed by atoms with Crippen LogP contribution < -0.4 is 0 Å². The van der Waals surface area contributed by atoms with Gasteiger partial charge in [-0.25, -0.2) is 4.39 Å². The minimum atomic E-state index is -0.325. The Kier molecular flexibility index (Phi) is 4.32. The molecule has 2 saturated heterocycles. The van der Waals surface area contributed by atoms with Gasteiger partial charge in [0.25, 0.3) is 0 Å². The highest BCUT2D eigenvalue weighted by Gasteiger charge is 2.34. The molecule has 19 heavy (non-hydrogen) atoms. The Balaban J connectivity index is 1.72. The maximum atomic E-state index is 13.5. The zero-order chi connectivity index (χ0) is 13.2. The van der Waals surface area contributed by atoms with Crippen LogP contribution in [-0.4, -0.2) is 41.7 Å². The molecule has 3 rings (SSSR count). The van der Waals surface area contributed by atoms with Gasteiger partial charge in [-0.3, -0.25) is 4.90 Å². The maximum absolute atomic E-state index is 13.5. The standard InChI is InChI=1S/C14H17ClFNOS/c15-11-2-1-10(7-12(11)16)8-17-4-6-19-14-9-18-5-3-13(14)17/h1-2,7,13-14H,3-6,8-9H2/t13-,14-/m0/s1. The van der Waals surface area contributed by atoms with Gasteiger partial charge < -0.3 is 4.74 Å². The second kappa shape index (κ2) is 6.00. The van der Waals surface area contributed by atoms with Crippen LogP contribution in [0.1, 0.15) is 12.0 Å². The van der Waals surface area contributed by atoms with Gasteiger partial charge in [0.2, 0.25) is 0 Å². The van der Waals surface area contributed by atoms with Gasteiger partial charge in [-0.15, -0.1) is 0 Å². The van der Waals surface area contributed by atoms with Gasteiger partial charge in [0.15, 0.2) is 0 Å². The molecule has 2 heterocycles. The fourth-order valence-electron chi connectivity index (χ4n) is 2.83. The largest absolute Gasteiger partial charge is 0.380 e. The third-order valence-corrected chi connectivity index (χ3v) is 5.42. The summed E-state index contributed by atoms with van der Waals surface area (Å²) in [6, 6.07) is 5.68. The monoisotopic (exact) mass is 301 g/mol. The van der Waals surface area contributed by atoms with Gasteiger partial charge in [-0.05, 0) is 24.1 Å². The van der Waals surface area contributed by atoms with Crippen molar-refractivity contribution in [3.05, 3.63) is 34.6 Å². The topological polar surface area (TPSA) is 12.5 Å². The molecule has 0 unspecified atom stereocenters. The summed E-state index contributed by atoms with van der Waals surface area (Å²) in [5.41, 5.74) is 0.999. The lowest BCUT2D eigenvalue weighted by molar-refractivity contribution is 0.0351.